The topological polar surface area (TPSA) is 83.9 Å². The first-order valence-corrected chi connectivity index (χ1v) is 8.79. The Morgan fingerprint density at radius 1 is 1.29 bits per heavy atom. The number of halogens is 2. The van der Waals surface area contributed by atoms with Crippen molar-refractivity contribution in [3.8, 4) is 11.3 Å². The van der Waals surface area contributed by atoms with Gasteiger partial charge in [-0.05, 0) is 49.6 Å². The molecule has 0 fully saturated rings. The summed E-state index contributed by atoms with van der Waals surface area (Å²) < 4.78 is 33.8. The van der Waals surface area contributed by atoms with Crippen LogP contribution in [0.3, 0.4) is 0 Å². The van der Waals surface area contributed by atoms with E-state index < -0.39 is 23.6 Å². The van der Waals surface area contributed by atoms with E-state index in [1.165, 1.54) is 6.07 Å². The minimum absolute atomic E-state index is 0.113. The maximum atomic E-state index is 13.4. The standard InChI is InChI=1S/C20H21F2N4O2/c1-11-10-24-26(3)19(11)15-8-18(28-12(15)2)20(27)25-14(9-23)6-13-4-5-16(21)17(22)7-13/h4-5,7-8,10,14,23H,6,9H2,1-3H3,(H,25,27)/q-1. The van der Waals surface area contributed by atoms with Crippen LogP contribution < -0.4 is 5.32 Å². The molecule has 1 atom stereocenters. The van der Waals surface area contributed by atoms with Crippen molar-refractivity contribution in [1.29, 1.82) is 0 Å². The zero-order chi connectivity index (χ0) is 20.4. The van der Waals surface area contributed by atoms with Gasteiger partial charge in [0.2, 0.25) is 0 Å². The molecule has 2 heterocycles. The Balaban J connectivity index is 1.76. The van der Waals surface area contributed by atoms with Crippen LogP contribution in [0, 0.1) is 25.5 Å². The molecular weight excluding hydrogens is 366 g/mol. The van der Waals surface area contributed by atoms with Crippen molar-refractivity contribution in [2.24, 2.45) is 7.05 Å². The Kier molecular flexibility index (Phi) is 5.60. The molecule has 0 aliphatic carbocycles. The molecule has 2 aromatic heterocycles. The first-order chi connectivity index (χ1) is 13.3. The van der Waals surface area contributed by atoms with E-state index in [-0.39, 0.29) is 18.7 Å². The highest BCUT2D eigenvalue weighted by molar-refractivity contribution is 5.93. The Morgan fingerprint density at radius 3 is 2.64 bits per heavy atom. The van der Waals surface area contributed by atoms with E-state index in [1.54, 1.807) is 23.9 Å². The van der Waals surface area contributed by atoms with Gasteiger partial charge in [-0.1, -0.05) is 6.07 Å². The number of furan rings is 1. The molecule has 2 N–H and O–H groups in total. The molecule has 1 unspecified atom stereocenters. The van der Waals surface area contributed by atoms with Crippen LogP contribution in [0.2, 0.25) is 0 Å². The van der Waals surface area contributed by atoms with Gasteiger partial charge in [-0.15, -0.1) is 6.54 Å². The van der Waals surface area contributed by atoms with Crippen LogP contribution in [0.1, 0.15) is 27.4 Å². The van der Waals surface area contributed by atoms with Crippen molar-refractivity contribution >= 4 is 5.91 Å². The lowest BCUT2D eigenvalue weighted by Crippen LogP contribution is -2.38. The van der Waals surface area contributed by atoms with Gasteiger partial charge >= 0.3 is 0 Å². The molecule has 148 valence electrons. The molecule has 0 aliphatic heterocycles. The van der Waals surface area contributed by atoms with E-state index in [9.17, 15) is 13.6 Å². The molecule has 1 aromatic carbocycles. The van der Waals surface area contributed by atoms with Crippen LogP contribution in [0.4, 0.5) is 8.78 Å². The fourth-order valence-corrected chi connectivity index (χ4v) is 3.15. The number of aromatic nitrogens is 2. The Labute approximate surface area is 161 Å². The zero-order valence-electron chi connectivity index (χ0n) is 15.8. The van der Waals surface area contributed by atoms with Gasteiger partial charge in [0.25, 0.3) is 5.91 Å². The Bertz CT molecular complexity index is 990. The average Bonchev–Trinajstić information content (AvgIpc) is 3.19. The van der Waals surface area contributed by atoms with Crippen molar-refractivity contribution in [2.45, 2.75) is 26.3 Å². The number of amides is 1. The zero-order valence-corrected chi connectivity index (χ0v) is 15.8. The van der Waals surface area contributed by atoms with E-state index in [4.69, 9.17) is 10.2 Å². The second-order valence-corrected chi connectivity index (χ2v) is 6.71. The van der Waals surface area contributed by atoms with Crippen LogP contribution in [0.15, 0.2) is 34.9 Å². The summed E-state index contributed by atoms with van der Waals surface area (Å²) in [5, 5.41) is 6.92. The van der Waals surface area contributed by atoms with Gasteiger partial charge in [-0.3, -0.25) is 9.48 Å². The van der Waals surface area contributed by atoms with Crippen LogP contribution in [-0.2, 0) is 13.5 Å². The second-order valence-electron chi connectivity index (χ2n) is 6.71. The van der Waals surface area contributed by atoms with E-state index >= 15 is 0 Å². The molecule has 0 bridgehead atoms. The van der Waals surface area contributed by atoms with Gasteiger partial charge in [-0.25, -0.2) is 8.78 Å². The van der Waals surface area contributed by atoms with Crippen molar-refractivity contribution in [1.82, 2.24) is 15.1 Å². The van der Waals surface area contributed by atoms with Crippen LogP contribution in [-0.4, -0.2) is 28.3 Å². The summed E-state index contributed by atoms with van der Waals surface area (Å²) >= 11 is 0. The number of nitrogens with zero attached hydrogens (tertiary/aromatic N) is 2. The van der Waals surface area contributed by atoms with Gasteiger partial charge in [-0.2, -0.15) is 5.10 Å². The van der Waals surface area contributed by atoms with E-state index in [2.05, 4.69) is 10.4 Å². The van der Waals surface area contributed by atoms with Crippen molar-refractivity contribution in [3.05, 3.63) is 70.5 Å². The molecule has 28 heavy (non-hydrogen) atoms. The molecular formula is C20H21F2N4O2-. The highest BCUT2D eigenvalue weighted by Gasteiger charge is 2.20. The summed E-state index contributed by atoms with van der Waals surface area (Å²) in [4.78, 5) is 12.6. The third-order valence-electron chi connectivity index (χ3n) is 4.57. The lowest BCUT2D eigenvalue weighted by atomic mass is 10.1. The second kappa shape index (κ2) is 7.93. The predicted octanol–water partition coefficient (Wildman–Crippen LogP) is 3.97. The number of rotatable bonds is 6. The molecule has 6 nitrogen and oxygen atoms in total. The lowest BCUT2D eigenvalue weighted by molar-refractivity contribution is 0.0910. The lowest BCUT2D eigenvalue weighted by Gasteiger charge is -2.20. The number of benzene rings is 1. The van der Waals surface area contributed by atoms with E-state index in [0.29, 0.717) is 11.3 Å². The highest BCUT2D eigenvalue weighted by atomic mass is 19.2. The molecule has 0 saturated heterocycles. The summed E-state index contributed by atoms with van der Waals surface area (Å²) in [7, 11) is 1.81. The molecule has 0 aliphatic rings. The summed E-state index contributed by atoms with van der Waals surface area (Å²) in [6.07, 6.45) is 1.94. The van der Waals surface area contributed by atoms with Gasteiger partial charge in [0.1, 0.15) is 5.76 Å². The molecule has 8 heteroatoms. The first-order valence-electron chi connectivity index (χ1n) is 8.79. The SMILES string of the molecule is Cc1cnn(C)c1-c1cc(C(=O)NC(C[NH-])Cc2ccc(F)c(F)c2)oc1C. The van der Waals surface area contributed by atoms with Gasteiger partial charge in [0, 0.05) is 18.7 Å². The largest absolute Gasteiger partial charge is 0.676 e. The fourth-order valence-electron chi connectivity index (χ4n) is 3.15. The Morgan fingerprint density at radius 2 is 2.04 bits per heavy atom. The average molecular weight is 387 g/mol. The third-order valence-corrected chi connectivity index (χ3v) is 4.57. The number of nitrogens with one attached hydrogen (secondary N) is 2. The van der Waals surface area contributed by atoms with E-state index in [0.717, 1.165) is 29.0 Å². The normalized spacial score (nSPS) is 12.2. The highest BCUT2D eigenvalue weighted by Crippen LogP contribution is 2.29. The molecule has 0 spiro atoms. The molecule has 0 saturated carbocycles. The number of carbonyl (C=O) groups is 1. The minimum Gasteiger partial charge on any atom is -0.676 e. The maximum absolute atomic E-state index is 13.4. The minimum atomic E-state index is -0.953. The fraction of sp³-hybridized carbons (Fsp3) is 0.300. The van der Waals surface area contributed by atoms with E-state index in [1.807, 2.05) is 14.0 Å². The number of carbonyl (C=O) groups excluding carboxylic acids is 1. The van der Waals surface area contributed by atoms with Crippen LogP contribution >= 0.6 is 0 Å². The van der Waals surface area contributed by atoms with Gasteiger partial charge < -0.3 is 15.5 Å². The predicted molar refractivity (Wildman–Crippen MR) is 101 cm³/mol. The number of hydrogen-bond acceptors (Lipinski definition) is 3. The monoisotopic (exact) mass is 387 g/mol. The van der Waals surface area contributed by atoms with Crippen LogP contribution in [0.25, 0.3) is 17.0 Å². The van der Waals surface area contributed by atoms with Crippen molar-refractivity contribution < 1.29 is 18.0 Å². The molecule has 1 amide bonds. The quantitative estimate of drug-likeness (QED) is 0.695. The smallest absolute Gasteiger partial charge is 0.287 e. The maximum Gasteiger partial charge on any atom is 0.287 e. The van der Waals surface area contributed by atoms with Crippen molar-refractivity contribution in [2.75, 3.05) is 6.54 Å². The molecule has 0 radical (unpaired) electrons. The summed E-state index contributed by atoms with van der Waals surface area (Å²) in [5.74, 6) is -1.64. The summed E-state index contributed by atoms with van der Waals surface area (Å²) in [6.45, 7) is 3.58. The Hall–Kier alpha value is -3.00. The number of hydrogen-bond donors (Lipinski definition) is 1. The first kappa shape index (κ1) is 19.8. The van der Waals surface area contributed by atoms with Crippen molar-refractivity contribution in [3.63, 3.8) is 0 Å². The molecule has 3 aromatic rings. The van der Waals surface area contributed by atoms with Gasteiger partial charge in [0.15, 0.2) is 17.4 Å². The van der Waals surface area contributed by atoms with Crippen LogP contribution in [0.5, 0.6) is 0 Å². The third kappa shape index (κ3) is 3.96. The summed E-state index contributed by atoms with van der Waals surface area (Å²) in [5.41, 5.74) is 10.7. The summed E-state index contributed by atoms with van der Waals surface area (Å²) in [6, 6.07) is 4.63. The molecule has 3 rings (SSSR count). The number of aryl methyl sites for hydroxylation is 3. The van der Waals surface area contributed by atoms with Gasteiger partial charge in [0.05, 0.1) is 11.9 Å².